The lowest BCUT2D eigenvalue weighted by Crippen LogP contribution is -2.19. The maximum Gasteiger partial charge on any atom is 0.303 e. The van der Waals surface area contributed by atoms with Gasteiger partial charge in [0.25, 0.3) is 0 Å². The van der Waals surface area contributed by atoms with Crippen LogP contribution in [0.15, 0.2) is 28.9 Å². The summed E-state index contributed by atoms with van der Waals surface area (Å²) in [6.07, 6.45) is 8.95. The Morgan fingerprint density at radius 1 is 1.18 bits per heavy atom. The van der Waals surface area contributed by atoms with Crippen LogP contribution in [0.4, 0.5) is 5.82 Å². The first-order chi connectivity index (χ1) is 15.9. The van der Waals surface area contributed by atoms with Crippen LogP contribution >= 0.6 is 0 Å². The number of anilines is 1. The van der Waals surface area contributed by atoms with Crippen molar-refractivity contribution in [2.45, 2.75) is 71.6 Å². The molecule has 0 aliphatic carbocycles. The average molecular weight is 460 g/mol. The fourth-order valence-electron chi connectivity index (χ4n) is 3.09. The molecule has 0 aliphatic heterocycles. The summed E-state index contributed by atoms with van der Waals surface area (Å²) in [7, 11) is 0. The van der Waals surface area contributed by atoms with Crippen molar-refractivity contribution in [1.82, 2.24) is 15.1 Å². The molecule has 0 spiro atoms. The minimum absolute atomic E-state index is 0.0774. The summed E-state index contributed by atoms with van der Waals surface area (Å²) in [6.45, 7) is 11.9. The van der Waals surface area contributed by atoms with Gasteiger partial charge in [-0.25, -0.2) is 11.6 Å². The number of pyridine rings is 1. The molecular weight excluding hydrogens is 422 g/mol. The van der Waals surface area contributed by atoms with Gasteiger partial charge in [0.05, 0.1) is 6.42 Å². The third kappa shape index (κ3) is 14.6. The van der Waals surface area contributed by atoms with Crippen molar-refractivity contribution in [3.8, 4) is 0 Å². The number of hydrogen-bond acceptors (Lipinski definition) is 7. The minimum atomic E-state index is -0.816. The zero-order chi connectivity index (χ0) is 24.4. The first kappa shape index (κ1) is 28.0. The SMILES string of the molecule is CC(C)(CC(=O)O)Cc1nc(CCCCCNc2ccccn2)no1.[C-]#[N+]CCCCCO. The van der Waals surface area contributed by atoms with Crippen LogP contribution in [-0.2, 0) is 17.6 Å². The Hall–Kier alpha value is -2.99. The van der Waals surface area contributed by atoms with Gasteiger partial charge in [0.15, 0.2) is 5.82 Å². The Morgan fingerprint density at radius 2 is 1.97 bits per heavy atom. The molecule has 3 N–H and O–H groups in total. The van der Waals surface area contributed by atoms with Crippen molar-refractivity contribution in [3.63, 3.8) is 0 Å². The molecular formula is C24H37N5O4. The molecule has 0 atom stereocenters. The van der Waals surface area contributed by atoms with Crippen molar-refractivity contribution in [1.29, 1.82) is 0 Å². The number of hydrogen-bond donors (Lipinski definition) is 3. The topological polar surface area (TPSA) is 126 Å². The lowest BCUT2D eigenvalue weighted by Gasteiger charge is -2.19. The van der Waals surface area contributed by atoms with Crippen LogP contribution in [0.1, 0.15) is 70.5 Å². The summed E-state index contributed by atoms with van der Waals surface area (Å²) in [6, 6.07) is 5.81. The number of carboxylic acids is 1. The number of nitrogens with zero attached hydrogens (tertiary/aromatic N) is 4. The van der Waals surface area contributed by atoms with Gasteiger partial charge in [0.2, 0.25) is 12.4 Å². The molecule has 0 aliphatic rings. The fraction of sp³-hybridized carbons (Fsp3) is 0.625. The Morgan fingerprint density at radius 3 is 2.64 bits per heavy atom. The second kappa shape index (κ2) is 16.6. The summed E-state index contributed by atoms with van der Waals surface area (Å²) >= 11 is 0. The van der Waals surface area contributed by atoms with Crippen LogP contribution in [0.3, 0.4) is 0 Å². The molecule has 2 heterocycles. The Kier molecular flexibility index (Phi) is 14.1. The van der Waals surface area contributed by atoms with Gasteiger partial charge in [-0.15, -0.1) is 0 Å². The van der Waals surface area contributed by atoms with E-state index in [0.717, 1.165) is 57.3 Å². The number of aliphatic hydroxyl groups is 1. The number of aliphatic carboxylic acids is 1. The zero-order valence-electron chi connectivity index (χ0n) is 19.8. The molecule has 0 saturated carbocycles. The Bertz CT molecular complexity index is 818. The predicted octanol–water partition coefficient (Wildman–Crippen LogP) is 4.40. The van der Waals surface area contributed by atoms with E-state index in [4.69, 9.17) is 21.3 Å². The minimum Gasteiger partial charge on any atom is -0.481 e. The van der Waals surface area contributed by atoms with Crippen molar-refractivity contribution < 1.29 is 19.5 Å². The molecule has 33 heavy (non-hydrogen) atoms. The van der Waals surface area contributed by atoms with E-state index < -0.39 is 11.4 Å². The molecule has 0 aromatic carbocycles. The van der Waals surface area contributed by atoms with Crippen LogP contribution in [0, 0.1) is 12.0 Å². The highest BCUT2D eigenvalue weighted by atomic mass is 16.5. The van der Waals surface area contributed by atoms with Crippen LogP contribution in [0.2, 0.25) is 0 Å². The summed E-state index contributed by atoms with van der Waals surface area (Å²) in [4.78, 5) is 22.6. The molecule has 9 nitrogen and oxygen atoms in total. The highest BCUT2D eigenvalue weighted by molar-refractivity contribution is 5.67. The van der Waals surface area contributed by atoms with Gasteiger partial charge in [-0.05, 0) is 43.2 Å². The summed E-state index contributed by atoms with van der Waals surface area (Å²) in [5.41, 5.74) is -0.396. The van der Waals surface area contributed by atoms with E-state index in [9.17, 15) is 4.79 Å². The van der Waals surface area contributed by atoms with Crippen LogP contribution in [0.25, 0.3) is 4.85 Å². The molecule has 2 aromatic heterocycles. The first-order valence-corrected chi connectivity index (χ1v) is 11.5. The number of nitrogens with one attached hydrogen (secondary N) is 1. The van der Waals surface area contributed by atoms with Gasteiger partial charge in [0.1, 0.15) is 5.82 Å². The van der Waals surface area contributed by atoms with Crippen molar-refractivity contribution in [2.24, 2.45) is 5.41 Å². The van der Waals surface area contributed by atoms with Crippen LogP contribution in [0.5, 0.6) is 0 Å². The van der Waals surface area contributed by atoms with E-state index in [1.54, 1.807) is 6.20 Å². The molecule has 0 unspecified atom stereocenters. The van der Waals surface area contributed by atoms with E-state index in [0.29, 0.717) is 24.7 Å². The third-order valence-corrected chi connectivity index (χ3v) is 4.75. The quantitative estimate of drug-likeness (QED) is 0.264. The molecule has 0 bridgehead atoms. The van der Waals surface area contributed by atoms with Crippen molar-refractivity contribution >= 4 is 11.8 Å². The summed E-state index contributed by atoms with van der Waals surface area (Å²) in [5.74, 6) is 1.29. The highest BCUT2D eigenvalue weighted by Gasteiger charge is 2.25. The largest absolute Gasteiger partial charge is 0.481 e. The number of unbranched alkanes of at least 4 members (excludes halogenated alkanes) is 4. The van der Waals surface area contributed by atoms with Gasteiger partial charge < -0.3 is 24.9 Å². The molecule has 0 amide bonds. The summed E-state index contributed by atoms with van der Waals surface area (Å²) in [5, 5.41) is 24.5. The van der Waals surface area contributed by atoms with E-state index in [1.165, 1.54) is 0 Å². The van der Waals surface area contributed by atoms with Gasteiger partial charge in [0, 0.05) is 38.6 Å². The lowest BCUT2D eigenvalue weighted by atomic mass is 9.86. The maximum atomic E-state index is 10.9. The smallest absolute Gasteiger partial charge is 0.303 e. The van der Waals surface area contributed by atoms with Crippen LogP contribution < -0.4 is 5.32 Å². The predicted molar refractivity (Wildman–Crippen MR) is 127 cm³/mol. The number of aryl methyl sites for hydroxylation is 1. The second-order valence-electron chi connectivity index (χ2n) is 8.63. The van der Waals surface area contributed by atoms with Crippen molar-refractivity contribution in [3.05, 3.63) is 47.5 Å². The molecule has 0 saturated heterocycles. The Balaban J connectivity index is 0.000000582. The summed E-state index contributed by atoms with van der Waals surface area (Å²) < 4.78 is 5.24. The van der Waals surface area contributed by atoms with Gasteiger partial charge in [-0.3, -0.25) is 4.79 Å². The lowest BCUT2D eigenvalue weighted by molar-refractivity contribution is -0.139. The fourth-order valence-corrected chi connectivity index (χ4v) is 3.09. The number of aromatic nitrogens is 3. The van der Waals surface area contributed by atoms with Gasteiger partial charge in [-0.2, -0.15) is 4.98 Å². The van der Waals surface area contributed by atoms with Crippen molar-refractivity contribution in [2.75, 3.05) is 25.0 Å². The normalized spacial score (nSPS) is 10.7. The molecule has 2 rings (SSSR count). The number of carboxylic acid groups (broad SMARTS) is 1. The maximum absolute atomic E-state index is 10.9. The molecule has 0 radical (unpaired) electrons. The number of aliphatic hydroxyl groups excluding tert-OH is 1. The van der Waals surface area contributed by atoms with Crippen LogP contribution in [-0.4, -0.2) is 51.0 Å². The van der Waals surface area contributed by atoms with Gasteiger partial charge in [-0.1, -0.05) is 31.5 Å². The van der Waals surface area contributed by atoms with E-state index in [1.807, 2.05) is 32.0 Å². The molecule has 9 heteroatoms. The zero-order valence-corrected chi connectivity index (χ0v) is 19.8. The standard InChI is InChI=1S/C18H26N4O3.C6H11NO/c1-18(2,13-17(23)24)12-16-21-15(22-25-16)9-4-3-6-10-19-14-8-5-7-11-20-14;1-7-5-3-2-4-6-8/h5,7-8,11H,3-4,6,9-10,12-13H2,1-2H3,(H,19,20)(H,23,24);8H,2-6H2. The highest BCUT2D eigenvalue weighted by Crippen LogP contribution is 2.25. The van der Waals surface area contributed by atoms with E-state index in [-0.39, 0.29) is 13.0 Å². The molecule has 182 valence electrons. The second-order valence-corrected chi connectivity index (χ2v) is 8.63. The van der Waals surface area contributed by atoms with Gasteiger partial charge >= 0.3 is 5.97 Å². The molecule has 0 fully saturated rings. The third-order valence-electron chi connectivity index (χ3n) is 4.75. The van der Waals surface area contributed by atoms with E-state index in [2.05, 4.69) is 25.3 Å². The first-order valence-electron chi connectivity index (χ1n) is 11.5. The number of rotatable bonds is 15. The molecule has 2 aromatic rings. The van der Waals surface area contributed by atoms with E-state index >= 15 is 0 Å². The Labute approximate surface area is 196 Å². The monoisotopic (exact) mass is 459 g/mol. The average Bonchev–Trinajstić information content (AvgIpc) is 3.20. The number of carbonyl (C=O) groups is 1.